The Hall–Kier alpha value is -0.303. The lowest BCUT2D eigenvalue weighted by Gasteiger charge is -2.45. The second-order valence-electron chi connectivity index (χ2n) is 19.3. The fraction of sp³-hybridized carbons (Fsp3) is 0.913. The van der Waals surface area contributed by atoms with Gasteiger partial charge in [0.25, 0.3) is 0 Å². The van der Waals surface area contributed by atoms with Gasteiger partial charge in [0.1, 0.15) is 0 Å². The van der Waals surface area contributed by atoms with E-state index in [-0.39, 0.29) is 0 Å². The van der Waals surface area contributed by atoms with Gasteiger partial charge in [-0.3, -0.25) is 0 Å². The lowest BCUT2D eigenvalue weighted by atomic mass is 9.68. The summed E-state index contributed by atoms with van der Waals surface area (Å²) in [5.74, 6) is 7.37. The highest BCUT2D eigenvalue weighted by Gasteiger charge is 2.41. The maximum absolute atomic E-state index is 3.09. The molecule has 0 amide bonds. The third kappa shape index (κ3) is 11.3. The van der Waals surface area contributed by atoms with Crippen LogP contribution in [0.3, 0.4) is 0 Å². The van der Waals surface area contributed by atoms with Crippen molar-refractivity contribution >= 4 is 8.07 Å². The Labute approximate surface area is 296 Å². The molecule has 0 nitrogen and oxygen atoms in total. The van der Waals surface area contributed by atoms with Crippen LogP contribution in [0.1, 0.15) is 194 Å². The van der Waals surface area contributed by atoms with E-state index in [2.05, 4.69) is 46.0 Å². The van der Waals surface area contributed by atoms with Crippen molar-refractivity contribution < 1.29 is 0 Å². The lowest BCUT2D eigenvalue weighted by Crippen LogP contribution is -2.40. The highest BCUT2D eigenvalue weighted by Crippen LogP contribution is 2.51. The maximum Gasteiger partial charge on any atom is 0.0510 e. The molecule has 0 N–H and O–H groups in total. The van der Waals surface area contributed by atoms with Gasteiger partial charge in [-0.15, -0.1) is 0 Å². The van der Waals surface area contributed by atoms with Gasteiger partial charge < -0.3 is 0 Å². The van der Waals surface area contributed by atoms with E-state index in [0.29, 0.717) is 0 Å². The van der Waals surface area contributed by atoms with Gasteiger partial charge >= 0.3 is 0 Å². The van der Waals surface area contributed by atoms with Crippen LogP contribution in [0.25, 0.3) is 0 Å². The Morgan fingerprint density at radius 3 is 1.51 bits per heavy atom. The Balaban J connectivity index is 1.39. The quantitative estimate of drug-likeness (QED) is 0.0986. The summed E-state index contributed by atoms with van der Waals surface area (Å²) in [6, 6.07) is 1.58. The molecule has 3 unspecified atom stereocenters. The average Bonchev–Trinajstić information content (AvgIpc) is 3.09. The van der Waals surface area contributed by atoms with Gasteiger partial charge in [0.2, 0.25) is 0 Å². The lowest BCUT2D eigenvalue weighted by molar-refractivity contribution is 0.273. The van der Waals surface area contributed by atoms with Crippen molar-refractivity contribution in [3.05, 3.63) is 23.3 Å². The minimum atomic E-state index is -1.37. The van der Waals surface area contributed by atoms with Crippen molar-refractivity contribution in [3.8, 4) is 0 Å². The second-order valence-corrected chi connectivity index (χ2v) is 24.5. The minimum Gasteiger partial charge on any atom is -0.0817 e. The molecule has 270 valence electrons. The largest absolute Gasteiger partial charge is 0.0817 e. The molecular weight excluding hydrogens is 581 g/mol. The van der Waals surface area contributed by atoms with Gasteiger partial charge in [0.15, 0.2) is 0 Å². The molecule has 0 spiro atoms. The standard InChI is InChI=1S/C46H82Si/c1-6-7-8-9-10-17-32-47(4,5)46-34-38(33-44(39-18-13-11-14-19-39)41-27-22-36(2)23-28-41)26-31-43(46)35-45(40-20-15-12-16-21-40)42-29-24-37(3)25-30-42/h33,35-43,46H,6-32,34H2,1-5H3. The summed E-state index contributed by atoms with van der Waals surface area (Å²) in [7, 11) is -1.37. The van der Waals surface area contributed by atoms with Crippen LogP contribution in [-0.4, -0.2) is 8.07 Å². The first-order valence-corrected chi connectivity index (χ1v) is 25.6. The highest BCUT2D eigenvalue weighted by atomic mass is 28.3. The molecule has 5 fully saturated rings. The fourth-order valence-corrected chi connectivity index (χ4v) is 15.7. The molecule has 5 saturated carbocycles. The summed E-state index contributed by atoms with van der Waals surface area (Å²) in [5.41, 5.74) is 5.02. The van der Waals surface area contributed by atoms with Gasteiger partial charge in [0.05, 0.1) is 8.07 Å². The van der Waals surface area contributed by atoms with Crippen molar-refractivity contribution in [2.45, 2.75) is 219 Å². The summed E-state index contributed by atoms with van der Waals surface area (Å²) in [6.07, 6.45) is 46.3. The molecule has 0 heterocycles. The van der Waals surface area contributed by atoms with Crippen LogP contribution in [0.5, 0.6) is 0 Å². The summed E-state index contributed by atoms with van der Waals surface area (Å²) < 4.78 is 0. The zero-order valence-corrected chi connectivity index (χ0v) is 33.6. The highest BCUT2D eigenvalue weighted by molar-refractivity contribution is 6.78. The van der Waals surface area contributed by atoms with Crippen LogP contribution >= 0.6 is 0 Å². The second kappa shape index (κ2) is 19.3. The number of allylic oxidation sites excluding steroid dienone is 4. The third-order valence-electron chi connectivity index (χ3n) is 15.1. The first-order chi connectivity index (χ1) is 22.8. The zero-order chi connectivity index (χ0) is 33.1. The molecule has 47 heavy (non-hydrogen) atoms. The summed E-state index contributed by atoms with van der Waals surface area (Å²) in [4.78, 5) is 0. The van der Waals surface area contributed by atoms with Crippen LogP contribution in [0.4, 0.5) is 0 Å². The van der Waals surface area contributed by atoms with E-state index in [9.17, 15) is 0 Å². The fourth-order valence-electron chi connectivity index (χ4n) is 11.8. The number of hydrogen-bond donors (Lipinski definition) is 0. The van der Waals surface area contributed by atoms with Crippen LogP contribution in [0, 0.1) is 47.3 Å². The van der Waals surface area contributed by atoms with E-state index < -0.39 is 8.07 Å². The van der Waals surface area contributed by atoms with Crippen LogP contribution < -0.4 is 0 Å². The smallest absolute Gasteiger partial charge is 0.0510 e. The van der Waals surface area contributed by atoms with Crippen molar-refractivity contribution in [1.29, 1.82) is 0 Å². The van der Waals surface area contributed by atoms with Crippen molar-refractivity contribution in [2.75, 3.05) is 0 Å². The topological polar surface area (TPSA) is 0 Å². The molecule has 0 aromatic rings. The molecule has 0 aromatic carbocycles. The SMILES string of the molecule is CCCCCCCC[Si](C)(C)C1CC(C=C(C2CCCCC2)C2CCC(C)CC2)CCC1C=C(C1CCCCC1)C1CCC(C)CC1. The van der Waals surface area contributed by atoms with E-state index in [4.69, 9.17) is 0 Å². The maximum atomic E-state index is 3.09. The predicted molar refractivity (Wildman–Crippen MR) is 212 cm³/mol. The molecule has 0 aromatic heterocycles. The minimum absolute atomic E-state index is 0.867. The van der Waals surface area contributed by atoms with Gasteiger partial charge in [-0.05, 0) is 124 Å². The molecule has 0 aliphatic heterocycles. The number of unbranched alkanes of at least 4 members (excludes halogenated alkanes) is 5. The van der Waals surface area contributed by atoms with Gasteiger partial charge in [-0.25, -0.2) is 0 Å². The van der Waals surface area contributed by atoms with Crippen LogP contribution in [0.2, 0.25) is 24.7 Å². The monoisotopic (exact) mass is 663 g/mol. The first kappa shape index (κ1) is 37.9. The van der Waals surface area contributed by atoms with E-state index in [0.717, 1.165) is 52.9 Å². The molecule has 5 rings (SSSR count). The number of hydrogen-bond acceptors (Lipinski definition) is 0. The molecule has 1 heteroatoms. The van der Waals surface area contributed by atoms with Crippen molar-refractivity contribution in [1.82, 2.24) is 0 Å². The summed E-state index contributed by atoms with van der Waals surface area (Å²) in [5, 5.41) is 0. The van der Waals surface area contributed by atoms with Gasteiger partial charge in [-0.1, -0.05) is 166 Å². The molecular formula is C46H82Si. The van der Waals surface area contributed by atoms with Crippen molar-refractivity contribution in [2.24, 2.45) is 47.3 Å². The van der Waals surface area contributed by atoms with E-state index in [1.54, 1.807) is 6.04 Å². The Kier molecular flexibility index (Phi) is 15.6. The molecule has 5 aliphatic rings. The number of rotatable bonds is 14. The van der Waals surface area contributed by atoms with E-state index in [1.807, 2.05) is 11.1 Å². The van der Waals surface area contributed by atoms with E-state index >= 15 is 0 Å². The van der Waals surface area contributed by atoms with Crippen LogP contribution in [-0.2, 0) is 0 Å². The van der Waals surface area contributed by atoms with Gasteiger partial charge in [-0.2, -0.15) is 0 Å². The van der Waals surface area contributed by atoms with Gasteiger partial charge in [0, 0.05) is 0 Å². The Morgan fingerprint density at radius 1 is 0.511 bits per heavy atom. The molecule has 0 bridgehead atoms. The Bertz CT molecular complexity index is 928. The molecule has 0 saturated heterocycles. The average molecular weight is 663 g/mol. The normalized spacial score (nSPS) is 34.4. The summed E-state index contributed by atoms with van der Waals surface area (Å²) in [6.45, 7) is 13.1. The molecule has 3 atom stereocenters. The molecule has 0 radical (unpaired) electrons. The van der Waals surface area contributed by atoms with Crippen molar-refractivity contribution in [3.63, 3.8) is 0 Å². The van der Waals surface area contributed by atoms with Crippen LogP contribution in [0.15, 0.2) is 23.3 Å². The van der Waals surface area contributed by atoms with E-state index in [1.165, 1.54) is 173 Å². The third-order valence-corrected chi connectivity index (χ3v) is 19.4. The zero-order valence-electron chi connectivity index (χ0n) is 32.6. The summed E-state index contributed by atoms with van der Waals surface area (Å²) >= 11 is 0. The Morgan fingerprint density at radius 2 is 0.979 bits per heavy atom. The first-order valence-electron chi connectivity index (χ1n) is 22.3. The molecule has 5 aliphatic carbocycles. The predicted octanol–water partition coefficient (Wildman–Crippen LogP) is 15.5.